The first-order valence-corrected chi connectivity index (χ1v) is 24.4. The molecule has 0 N–H and O–H groups in total. The first kappa shape index (κ1) is 38.0. The molecule has 0 atom stereocenters. The summed E-state index contributed by atoms with van der Waals surface area (Å²) in [5.41, 5.74) is 27.5. The van der Waals surface area contributed by atoms with E-state index in [9.17, 15) is 0 Å². The second kappa shape index (κ2) is 13.8. The van der Waals surface area contributed by atoms with Crippen LogP contribution < -0.4 is 4.90 Å². The molecule has 4 aliphatic carbocycles. The van der Waals surface area contributed by atoms with Crippen LogP contribution in [0.25, 0.3) is 77.6 Å². The topological polar surface area (TPSA) is 16.4 Å². The van der Waals surface area contributed by atoms with Crippen LogP contribution in [0.1, 0.15) is 44.5 Å². The van der Waals surface area contributed by atoms with Gasteiger partial charge in [0.25, 0.3) is 0 Å². The molecule has 2 spiro atoms. The number of fused-ring (bicyclic) bond motifs is 23. The van der Waals surface area contributed by atoms with E-state index in [1.165, 1.54) is 89.0 Å². The molecule has 0 unspecified atom stereocenters. The third kappa shape index (κ3) is 4.73. The van der Waals surface area contributed by atoms with Crippen LogP contribution in [-0.2, 0) is 10.8 Å². The fourth-order valence-corrected chi connectivity index (χ4v) is 13.6. The molecule has 0 bridgehead atoms. The van der Waals surface area contributed by atoms with Gasteiger partial charge in [-0.15, -0.1) is 0 Å². The first-order valence-electron chi connectivity index (χ1n) is 24.4. The lowest BCUT2D eigenvalue weighted by atomic mass is 9.70. The highest BCUT2D eigenvalue weighted by Gasteiger charge is 2.53. The fraction of sp³-hybridized carbons (Fsp3) is 0.0294. The van der Waals surface area contributed by atoms with Crippen molar-refractivity contribution in [1.29, 1.82) is 0 Å². The van der Waals surface area contributed by atoms with Gasteiger partial charge < -0.3 is 9.32 Å². The Morgan fingerprint density at radius 1 is 0.243 bits per heavy atom. The largest absolute Gasteiger partial charge is 0.456 e. The molecule has 0 saturated carbocycles. The van der Waals surface area contributed by atoms with Gasteiger partial charge in [-0.2, -0.15) is 0 Å². The van der Waals surface area contributed by atoms with Gasteiger partial charge in [-0.05, 0) is 155 Å². The maximum Gasteiger partial charge on any atom is 0.135 e. The lowest BCUT2D eigenvalue weighted by Crippen LogP contribution is -2.26. The first-order chi connectivity index (χ1) is 34.7. The minimum atomic E-state index is -0.480. The predicted octanol–water partition coefficient (Wildman–Crippen LogP) is 17.4. The van der Waals surface area contributed by atoms with E-state index in [1.807, 2.05) is 6.07 Å². The van der Waals surface area contributed by atoms with E-state index in [0.717, 1.165) is 50.1 Å². The van der Waals surface area contributed by atoms with Gasteiger partial charge in [0.1, 0.15) is 11.2 Å². The van der Waals surface area contributed by atoms with Crippen molar-refractivity contribution in [3.63, 3.8) is 0 Å². The zero-order valence-electron chi connectivity index (χ0n) is 38.0. The highest BCUT2D eigenvalue weighted by Crippen LogP contribution is 2.65. The van der Waals surface area contributed by atoms with Gasteiger partial charge in [0.05, 0.1) is 10.8 Å². The molecule has 70 heavy (non-hydrogen) atoms. The van der Waals surface area contributed by atoms with E-state index < -0.39 is 10.8 Å². The van der Waals surface area contributed by atoms with Gasteiger partial charge >= 0.3 is 0 Å². The van der Waals surface area contributed by atoms with Crippen molar-refractivity contribution in [2.45, 2.75) is 10.8 Å². The number of rotatable bonds is 4. The van der Waals surface area contributed by atoms with Crippen molar-refractivity contribution < 1.29 is 4.42 Å². The van der Waals surface area contributed by atoms with Gasteiger partial charge in [0, 0.05) is 27.8 Å². The van der Waals surface area contributed by atoms with Crippen LogP contribution in [0.4, 0.5) is 17.1 Å². The third-order valence-electron chi connectivity index (χ3n) is 16.3. The summed E-state index contributed by atoms with van der Waals surface area (Å²) in [6, 6.07) is 93.1. The quantitative estimate of drug-likeness (QED) is 0.175. The van der Waals surface area contributed by atoms with Crippen LogP contribution in [0, 0.1) is 0 Å². The minimum absolute atomic E-state index is 0.480. The van der Waals surface area contributed by atoms with Gasteiger partial charge in [-0.1, -0.05) is 194 Å². The minimum Gasteiger partial charge on any atom is -0.456 e. The molecule has 4 aliphatic rings. The standard InChI is InChI=1S/C68H41NO/c1-8-25-57-47(18-1)48-19-2-9-26-58(48)67(57)61-29-12-5-22-51(61)53-35-33-45(40-63(53)67)69(44-17-15-16-42(38-44)43-32-37-66-56(39-43)55-24-7-14-31-65(55)70-66)46-34-36-54-52-23-6-13-30-62(52)68(64(54)41-46)59-27-10-3-20-49(59)50-21-4-11-28-60(50)68/h1-41H. The second-order valence-corrected chi connectivity index (χ2v) is 19.4. The van der Waals surface area contributed by atoms with E-state index in [1.54, 1.807) is 0 Å². The lowest BCUT2D eigenvalue weighted by Gasteiger charge is -2.33. The number of anilines is 3. The molecule has 11 aromatic carbocycles. The van der Waals surface area contributed by atoms with Crippen molar-refractivity contribution in [2.75, 3.05) is 4.90 Å². The lowest BCUT2D eigenvalue weighted by molar-refractivity contribution is 0.669. The highest BCUT2D eigenvalue weighted by molar-refractivity contribution is 6.06. The molecule has 12 aromatic rings. The number of para-hydroxylation sites is 1. The molecule has 0 amide bonds. The Morgan fingerprint density at radius 3 is 1.09 bits per heavy atom. The zero-order chi connectivity index (χ0) is 45.7. The maximum atomic E-state index is 6.30. The molecule has 16 rings (SSSR count). The molecular formula is C68H41NO. The molecule has 0 aliphatic heterocycles. The summed E-state index contributed by atoms with van der Waals surface area (Å²) in [6.07, 6.45) is 0. The molecule has 0 fully saturated rings. The van der Waals surface area contributed by atoms with Crippen molar-refractivity contribution in [2.24, 2.45) is 0 Å². The Balaban J connectivity index is 0.962. The van der Waals surface area contributed by atoms with E-state index >= 15 is 0 Å². The van der Waals surface area contributed by atoms with Crippen molar-refractivity contribution in [3.05, 3.63) is 293 Å². The number of furan rings is 1. The van der Waals surface area contributed by atoms with Crippen LogP contribution in [0.15, 0.2) is 253 Å². The monoisotopic (exact) mass is 887 g/mol. The molecule has 2 nitrogen and oxygen atoms in total. The summed E-state index contributed by atoms with van der Waals surface area (Å²) >= 11 is 0. The van der Waals surface area contributed by atoms with Crippen LogP contribution >= 0.6 is 0 Å². The second-order valence-electron chi connectivity index (χ2n) is 19.4. The molecule has 1 aromatic heterocycles. The summed E-state index contributed by atoms with van der Waals surface area (Å²) in [5, 5.41) is 2.25. The number of hydrogen-bond acceptors (Lipinski definition) is 2. The van der Waals surface area contributed by atoms with Crippen LogP contribution in [0.2, 0.25) is 0 Å². The normalized spacial score (nSPS) is 14.2. The summed E-state index contributed by atoms with van der Waals surface area (Å²) in [7, 11) is 0. The van der Waals surface area contributed by atoms with E-state index in [0.29, 0.717) is 0 Å². The number of hydrogen-bond donors (Lipinski definition) is 0. The Bertz CT molecular complexity index is 3900. The van der Waals surface area contributed by atoms with Crippen LogP contribution in [-0.4, -0.2) is 0 Å². The summed E-state index contributed by atoms with van der Waals surface area (Å²) in [6.45, 7) is 0. The van der Waals surface area contributed by atoms with Gasteiger partial charge in [0.2, 0.25) is 0 Å². The molecule has 2 heteroatoms. The maximum absolute atomic E-state index is 6.30. The molecule has 324 valence electrons. The average Bonchev–Trinajstić information content (AvgIpc) is 4.20. The Kier molecular flexibility index (Phi) is 7.51. The number of nitrogens with zero attached hydrogens (tertiary/aromatic N) is 1. The highest BCUT2D eigenvalue weighted by atomic mass is 16.3. The summed E-state index contributed by atoms with van der Waals surface area (Å²) in [4.78, 5) is 2.52. The Labute approximate surface area is 406 Å². The Hall–Kier alpha value is -8.98. The average molecular weight is 888 g/mol. The van der Waals surface area contributed by atoms with Gasteiger partial charge in [-0.3, -0.25) is 0 Å². The fourth-order valence-electron chi connectivity index (χ4n) is 13.6. The van der Waals surface area contributed by atoms with Crippen molar-refractivity contribution >= 4 is 39.0 Å². The van der Waals surface area contributed by atoms with E-state index in [2.05, 4.69) is 248 Å². The van der Waals surface area contributed by atoms with Crippen LogP contribution in [0.3, 0.4) is 0 Å². The van der Waals surface area contributed by atoms with Crippen molar-refractivity contribution in [3.8, 4) is 55.6 Å². The molecular weight excluding hydrogens is 847 g/mol. The summed E-state index contributed by atoms with van der Waals surface area (Å²) in [5.74, 6) is 0. The van der Waals surface area contributed by atoms with E-state index in [4.69, 9.17) is 4.42 Å². The third-order valence-corrected chi connectivity index (χ3v) is 16.3. The van der Waals surface area contributed by atoms with E-state index in [-0.39, 0.29) is 0 Å². The predicted molar refractivity (Wildman–Crippen MR) is 286 cm³/mol. The zero-order valence-corrected chi connectivity index (χ0v) is 38.0. The van der Waals surface area contributed by atoms with Crippen LogP contribution in [0.5, 0.6) is 0 Å². The molecule has 1 heterocycles. The van der Waals surface area contributed by atoms with Crippen molar-refractivity contribution in [1.82, 2.24) is 0 Å². The number of benzene rings is 11. The SMILES string of the molecule is c1cc(-c2ccc3oc4ccccc4c3c2)cc(N(c2ccc3c(c2)C2(c4ccccc4-c4ccccc42)c2ccccc2-3)c2ccc3c(c2)C2(c4ccccc4-c4ccccc42)c2ccccc2-3)c1. The van der Waals surface area contributed by atoms with Gasteiger partial charge in [0.15, 0.2) is 0 Å². The summed E-state index contributed by atoms with van der Waals surface area (Å²) < 4.78 is 6.30. The molecule has 0 saturated heterocycles. The smallest absolute Gasteiger partial charge is 0.135 e. The Morgan fingerprint density at radius 2 is 0.614 bits per heavy atom. The molecule has 0 radical (unpaired) electrons. The van der Waals surface area contributed by atoms with Gasteiger partial charge in [-0.25, -0.2) is 0 Å².